The zero-order valence-corrected chi connectivity index (χ0v) is 18.5. The molecule has 1 aliphatic carbocycles. The van der Waals surface area contributed by atoms with Gasteiger partial charge in [0.25, 0.3) is 10.0 Å². The lowest BCUT2D eigenvalue weighted by atomic mass is 10.3. The summed E-state index contributed by atoms with van der Waals surface area (Å²) >= 11 is 6.08. The molecule has 0 aromatic carbocycles. The highest BCUT2D eigenvalue weighted by atomic mass is 79.9. The highest BCUT2D eigenvalue weighted by Crippen LogP contribution is 2.31. The maximum atomic E-state index is 12.6. The van der Waals surface area contributed by atoms with Crippen LogP contribution >= 0.6 is 38.6 Å². The molecule has 11 heteroatoms. The van der Waals surface area contributed by atoms with E-state index < -0.39 is 10.0 Å². The van der Waals surface area contributed by atoms with Crippen molar-refractivity contribution in [2.24, 2.45) is 0 Å². The largest absolute Gasteiger partial charge is 0.301 e. The molecule has 0 saturated carbocycles. The fourth-order valence-electron chi connectivity index (χ4n) is 3.30. The van der Waals surface area contributed by atoms with Crippen molar-refractivity contribution in [3.8, 4) is 0 Å². The number of nitrogens with one attached hydrogen (secondary N) is 1. The molecule has 1 fully saturated rings. The summed E-state index contributed by atoms with van der Waals surface area (Å²) in [5.74, 6) is -0.0964. The second-order valence-corrected chi connectivity index (χ2v) is 12.2. The smallest absolute Gasteiger partial charge is 0.252 e. The van der Waals surface area contributed by atoms with Gasteiger partial charge in [-0.1, -0.05) is 0 Å². The summed E-state index contributed by atoms with van der Waals surface area (Å²) in [6.45, 7) is 2.09. The van der Waals surface area contributed by atoms with Crippen molar-refractivity contribution in [3.63, 3.8) is 0 Å². The molecule has 0 unspecified atom stereocenters. The molecular formula is C16H19BrN4O3S3. The number of thiazole rings is 1. The van der Waals surface area contributed by atoms with E-state index in [1.54, 1.807) is 23.5 Å². The number of nitrogens with zero attached hydrogens (tertiary/aromatic N) is 3. The Balaban J connectivity index is 1.29. The van der Waals surface area contributed by atoms with Crippen LogP contribution in [-0.2, 0) is 27.7 Å². The second-order valence-electron chi connectivity index (χ2n) is 6.53. The van der Waals surface area contributed by atoms with Crippen LogP contribution < -0.4 is 5.32 Å². The molecule has 2 aromatic rings. The second kappa shape index (κ2) is 7.88. The number of halogens is 1. The van der Waals surface area contributed by atoms with Crippen molar-refractivity contribution < 1.29 is 13.2 Å². The number of piperazine rings is 1. The SMILES string of the molecule is O=C(CN1CCN(S(=O)(=O)c2ccc(Br)s2)CC1)Nc1nc2c(s1)CCC2. The van der Waals surface area contributed by atoms with Gasteiger partial charge in [-0.15, -0.1) is 22.7 Å². The molecule has 1 N–H and O–H groups in total. The van der Waals surface area contributed by atoms with Crippen molar-refractivity contribution in [2.75, 3.05) is 38.0 Å². The Morgan fingerprint density at radius 3 is 2.63 bits per heavy atom. The number of amides is 1. The number of sulfonamides is 1. The molecule has 27 heavy (non-hydrogen) atoms. The van der Waals surface area contributed by atoms with Crippen LogP contribution in [0.1, 0.15) is 17.0 Å². The average Bonchev–Trinajstić information content (AvgIpc) is 3.31. The lowest BCUT2D eigenvalue weighted by Crippen LogP contribution is -2.50. The van der Waals surface area contributed by atoms with E-state index in [9.17, 15) is 13.2 Å². The summed E-state index contributed by atoms with van der Waals surface area (Å²) in [7, 11) is -3.45. The average molecular weight is 491 g/mol. The number of carbonyl (C=O) groups is 1. The minimum Gasteiger partial charge on any atom is -0.301 e. The Bertz CT molecular complexity index is 927. The molecule has 0 spiro atoms. The number of hydrogen-bond acceptors (Lipinski definition) is 7. The first-order valence-corrected chi connectivity index (χ1v) is 12.5. The lowest BCUT2D eigenvalue weighted by Gasteiger charge is -2.33. The highest BCUT2D eigenvalue weighted by molar-refractivity contribution is 9.11. The minimum atomic E-state index is -3.45. The van der Waals surface area contributed by atoms with Gasteiger partial charge in [0.1, 0.15) is 4.21 Å². The molecule has 0 atom stereocenters. The molecule has 4 rings (SSSR count). The molecule has 0 radical (unpaired) electrons. The zero-order chi connectivity index (χ0) is 19.0. The zero-order valence-electron chi connectivity index (χ0n) is 14.5. The maximum absolute atomic E-state index is 12.6. The number of aryl methyl sites for hydroxylation is 2. The first-order chi connectivity index (χ1) is 12.9. The monoisotopic (exact) mass is 490 g/mol. The fourth-order valence-corrected chi connectivity index (χ4v) is 7.95. The Kier molecular flexibility index (Phi) is 5.68. The third-order valence-electron chi connectivity index (χ3n) is 4.68. The molecule has 0 bridgehead atoms. The summed E-state index contributed by atoms with van der Waals surface area (Å²) in [5.41, 5.74) is 1.12. The van der Waals surface area contributed by atoms with E-state index in [0.29, 0.717) is 35.5 Å². The first kappa shape index (κ1) is 19.5. The van der Waals surface area contributed by atoms with Crippen LogP contribution in [0.5, 0.6) is 0 Å². The topological polar surface area (TPSA) is 82.6 Å². The van der Waals surface area contributed by atoms with Crippen LogP contribution in [0.3, 0.4) is 0 Å². The van der Waals surface area contributed by atoms with E-state index in [4.69, 9.17) is 0 Å². The van der Waals surface area contributed by atoms with Crippen LogP contribution in [0.15, 0.2) is 20.1 Å². The van der Waals surface area contributed by atoms with Gasteiger partial charge in [-0.05, 0) is 47.3 Å². The van der Waals surface area contributed by atoms with Gasteiger partial charge in [-0.25, -0.2) is 13.4 Å². The van der Waals surface area contributed by atoms with Gasteiger partial charge in [0.2, 0.25) is 5.91 Å². The van der Waals surface area contributed by atoms with Gasteiger partial charge < -0.3 is 5.32 Å². The Morgan fingerprint density at radius 2 is 1.96 bits per heavy atom. The normalized spacial score (nSPS) is 18.6. The first-order valence-electron chi connectivity index (χ1n) is 8.68. The molecule has 146 valence electrons. The van der Waals surface area contributed by atoms with Crippen molar-refractivity contribution >= 4 is 59.7 Å². The van der Waals surface area contributed by atoms with Crippen LogP contribution in [0.2, 0.25) is 0 Å². The maximum Gasteiger partial charge on any atom is 0.252 e. The Morgan fingerprint density at radius 1 is 1.19 bits per heavy atom. The van der Waals surface area contributed by atoms with Gasteiger partial charge >= 0.3 is 0 Å². The number of hydrogen-bond donors (Lipinski definition) is 1. The van der Waals surface area contributed by atoms with Gasteiger partial charge in [-0.2, -0.15) is 4.31 Å². The third-order valence-corrected chi connectivity index (χ3v) is 9.75. The van der Waals surface area contributed by atoms with Crippen LogP contribution in [0.4, 0.5) is 5.13 Å². The summed E-state index contributed by atoms with van der Waals surface area (Å²) in [5, 5.41) is 3.56. The summed E-state index contributed by atoms with van der Waals surface area (Å²) in [4.78, 5) is 20.0. The number of fused-ring (bicyclic) bond motifs is 1. The number of rotatable bonds is 5. The number of anilines is 1. The van der Waals surface area contributed by atoms with Crippen molar-refractivity contribution in [2.45, 2.75) is 23.5 Å². The lowest BCUT2D eigenvalue weighted by molar-refractivity contribution is -0.117. The standard InChI is InChI=1S/C16H19BrN4O3S3/c17-13-4-5-15(26-13)27(23,24)21-8-6-20(7-9-21)10-14(22)19-16-18-11-2-1-3-12(11)25-16/h4-5H,1-3,6-10H2,(H,18,19,22). The van der Waals surface area contributed by atoms with E-state index in [1.807, 2.05) is 4.90 Å². The van der Waals surface area contributed by atoms with Crippen molar-refractivity contribution in [1.82, 2.24) is 14.2 Å². The van der Waals surface area contributed by atoms with Gasteiger partial charge in [-0.3, -0.25) is 9.69 Å². The van der Waals surface area contributed by atoms with Crippen molar-refractivity contribution in [1.29, 1.82) is 0 Å². The molecular weight excluding hydrogens is 472 g/mol. The Labute approximate surface area is 174 Å². The highest BCUT2D eigenvalue weighted by Gasteiger charge is 2.30. The molecule has 1 saturated heterocycles. The summed E-state index contributed by atoms with van der Waals surface area (Å²) in [6, 6.07) is 3.36. The van der Waals surface area contributed by atoms with E-state index in [-0.39, 0.29) is 12.5 Å². The van der Waals surface area contributed by atoms with E-state index in [2.05, 4.69) is 26.2 Å². The molecule has 2 aliphatic rings. The van der Waals surface area contributed by atoms with Gasteiger partial charge in [0.15, 0.2) is 5.13 Å². The van der Waals surface area contributed by atoms with Crippen LogP contribution in [-0.4, -0.2) is 61.2 Å². The van der Waals surface area contributed by atoms with Crippen LogP contribution in [0.25, 0.3) is 0 Å². The Hall–Kier alpha value is -0.850. The molecule has 1 amide bonds. The third kappa shape index (κ3) is 4.28. The van der Waals surface area contributed by atoms with E-state index in [0.717, 1.165) is 28.7 Å². The van der Waals surface area contributed by atoms with Gasteiger partial charge in [0, 0.05) is 31.1 Å². The minimum absolute atomic E-state index is 0.0964. The number of carbonyl (C=O) groups excluding carboxylic acids is 1. The summed E-state index contributed by atoms with van der Waals surface area (Å²) in [6.07, 6.45) is 3.21. The quantitative estimate of drug-likeness (QED) is 0.695. The van der Waals surface area contributed by atoms with Gasteiger partial charge in [0.05, 0.1) is 16.0 Å². The molecule has 7 nitrogen and oxygen atoms in total. The van der Waals surface area contributed by atoms with E-state index >= 15 is 0 Å². The fraction of sp³-hybridized carbons (Fsp3) is 0.500. The van der Waals surface area contributed by atoms with E-state index in [1.165, 1.54) is 20.5 Å². The summed E-state index contributed by atoms with van der Waals surface area (Å²) < 4.78 is 27.9. The van der Waals surface area contributed by atoms with Crippen molar-refractivity contribution in [3.05, 3.63) is 26.5 Å². The molecule has 3 heterocycles. The molecule has 1 aliphatic heterocycles. The molecule has 2 aromatic heterocycles. The predicted molar refractivity (Wildman–Crippen MR) is 110 cm³/mol. The number of thiophene rings is 1. The predicted octanol–water partition coefficient (Wildman–Crippen LogP) is 2.40. The van der Waals surface area contributed by atoms with Crippen LogP contribution in [0, 0.1) is 0 Å². The number of aromatic nitrogens is 1.